The fourth-order valence-corrected chi connectivity index (χ4v) is 2.11. The van der Waals surface area contributed by atoms with Crippen LogP contribution in [0, 0.1) is 0 Å². The summed E-state index contributed by atoms with van der Waals surface area (Å²) in [4.78, 5) is 0. The first-order chi connectivity index (χ1) is 8.22. The number of nitrogens with one attached hydrogen (secondary N) is 1. The number of rotatable bonds is 7. The van der Waals surface area contributed by atoms with Crippen LogP contribution in [0.15, 0.2) is 12.1 Å². The van der Waals surface area contributed by atoms with E-state index in [2.05, 4.69) is 11.6 Å². The molecule has 0 saturated carbocycles. The fraction of sp³-hybridized carbons (Fsp3) is 0.500. The van der Waals surface area contributed by atoms with E-state index in [4.69, 9.17) is 21.1 Å². The van der Waals surface area contributed by atoms with Crippen LogP contribution in [0.3, 0.4) is 0 Å². The Balaban J connectivity index is 2.73. The van der Waals surface area contributed by atoms with Crippen LogP contribution in [-0.4, -0.2) is 32.8 Å². The van der Waals surface area contributed by atoms with Gasteiger partial charge in [0.2, 0.25) is 0 Å². The van der Waals surface area contributed by atoms with Crippen molar-refractivity contribution in [2.75, 3.05) is 38.1 Å². The zero-order chi connectivity index (χ0) is 12.7. The fourth-order valence-electron chi connectivity index (χ4n) is 1.44. The molecule has 5 heteroatoms. The molecule has 0 unspecified atom stereocenters. The lowest BCUT2D eigenvalue weighted by Gasteiger charge is -2.13. The highest BCUT2D eigenvalue weighted by Crippen LogP contribution is 2.35. The van der Waals surface area contributed by atoms with E-state index in [-0.39, 0.29) is 0 Å². The van der Waals surface area contributed by atoms with E-state index in [1.165, 1.54) is 0 Å². The minimum Gasteiger partial charge on any atom is -0.495 e. The van der Waals surface area contributed by atoms with E-state index in [0.717, 1.165) is 30.2 Å². The molecular weight excluding hydrogens is 258 g/mol. The maximum absolute atomic E-state index is 6.07. The highest BCUT2D eigenvalue weighted by molar-refractivity contribution is 7.98. The van der Waals surface area contributed by atoms with E-state index in [1.807, 2.05) is 17.8 Å². The van der Waals surface area contributed by atoms with Gasteiger partial charge in [-0.2, -0.15) is 11.8 Å². The van der Waals surface area contributed by atoms with E-state index >= 15 is 0 Å². The van der Waals surface area contributed by atoms with Gasteiger partial charge in [-0.3, -0.25) is 0 Å². The maximum Gasteiger partial charge on any atom is 0.145 e. The lowest BCUT2D eigenvalue weighted by atomic mass is 10.2. The van der Waals surface area contributed by atoms with Crippen molar-refractivity contribution in [1.29, 1.82) is 0 Å². The molecule has 3 nitrogen and oxygen atoms in total. The summed E-state index contributed by atoms with van der Waals surface area (Å²) in [6.45, 7) is 0.903. The first-order valence-electron chi connectivity index (χ1n) is 5.37. The van der Waals surface area contributed by atoms with Crippen molar-refractivity contribution in [3.05, 3.63) is 17.2 Å². The molecule has 0 spiro atoms. The lowest BCUT2D eigenvalue weighted by molar-refractivity contribution is 0.395. The van der Waals surface area contributed by atoms with Crippen molar-refractivity contribution < 1.29 is 9.47 Å². The minimum atomic E-state index is 0.584. The van der Waals surface area contributed by atoms with Crippen molar-refractivity contribution in [3.63, 3.8) is 0 Å². The summed E-state index contributed by atoms with van der Waals surface area (Å²) in [6, 6.07) is 3.62. The summed E-state index contributed by atoms with van der Waals surface area (Å²) in [5.41, 5.74) is 0.902. The van der Waals surface area contributed by atoms with E-state index in [0.29, 0.717) is 10.8 Å². The molecule has 0 amide bonds. The Labute approximate surface area is 112 Å². The summed E-state index contributed by atoms with van der Waals surface area (Å²) < 4.78 is 10.4. The molecule has 0 heterocycles. The molecule has 0 aromatic heterocycles. The second-order valence-corrected chi connectivity index (χ2v) is 4.85. The second kappa shape index (κ2) is 7.56. The lowest BCUT2D eigenvalue weighted by Crippen LogP contribution is -2.04. The highest BCUT2D eigenvalue weighted by Gasteiger charge is 2.09. The molecule has 0 aliphatic heterocycles. The Morgan fingerprint density at radius 3 is 2.53 bits per heavy atom. The van der Waals surface area contributed by atoms with Gasteiger partial charge in [0.05, 0.1) is 24.9 Å². The standard InChI is InChI=1S/C12H18ClNO2S/c1-15-11-8-12(16-2)10(7-9(11)13)14-5-4-6-17-3/h7-8,14H,4-6H2,1-3H3. The van der Waals surface area contributed by atoms with Crippen molar-refractivity contribution in [1.82, 2.24) is 0 Å². The molecule has 1 aromatic rings. The van der Waals surface area contributed by atoms with Gasteiger partial charge in [-0.25, -0.2) is 0 Å². The predicted octanol–water partition coefficient (Wildman–Crippen LogP) is 3.52. The van der Waals surface area contributed by atoms with Crippen LogP contribution in [0.4, 0.5) is 5.69 Å². The quantitative estimate of drug-likeness (QED) is 0.772. The zero-order valence-electron chi connectivity index (χ0n) is 10.4. The molecule has 96 valence electrons. The van der Waals surface area contributed by atoms with Crippen molar-refractivity contribution in [2.24, 2.45) is 0 Å². The summed E-state index contributed by atoms with van der Waals surface area (Å²) in [6.07, 6.45) is 3.21. The normalized spacial score (nSPS) is 10.1. The third kappa shape index (κ3) is 4.21. The monoisotopic (exact) mass is 275 g/mol. The van der Waals surface area contributed by atoms with Crippen LogP contribution in [0.25, 0.3) is 0 Å². The van der Waals surface area contributed by atoms with Gasteiger partial charge in [0, 0.05) is 12.6 Å². The molecule has 1 rings (SSSR count). The summed E-state index contributed by atoms with van der Waals surface area (Å²) in [5, 5.41) is 3.90. The Morgan fingerprint density at radius 1 is 1.24 bits per heavy atom. The van der Waals surface area contributed by atoms with Crippen LogP contribution in [0.2, 0.25) is 5.02 Å². The van der Waals surface area contributed by atoms with Crippen LogP contribution < -0.4 is 14.8 Å². The van der Waals surface area contributed by atoms with Gasteiger partial charge in [-0.1, -0.05) is 11.6 Å². The third-order valence-corrected chi connectivity index (χ3v) is 3.31. The Kier molecular flexibility index (Phi) is 6.37. The molecule has 0 atom stereocenters. The van der Waals surface area contributed by atoms with Crippen molar-refractivity contribution in [2.45, 2.75) is 6.42 Å². The van der Waals surface area contributed by atoms with Gasteiger partial charge in [-0.15, -0.1) is 0 Å². The number of hydrogen-bond donors (Lipinski definition) is 1. The Morgan fingerprint density at radius 2 is 1.94 bits per heavy atom. The topological polar surface area (TPSA) is 30.5 Å². The number of hydrogen-bond acceptors (Lipinski definition) is 4. The van der Waals surface area contributed by atoms with E-state index in [9.17, 15) is 0 Å². The van der Waals surface area contributed by atoms with Crippen LogP contribution in [0.1, 0.15) is 6.42 Å². The van der Waals surface area contributed by atoms with E-state index in [1.54, 1.807) is 20.3 Å². The molecule has 17 heavy (non-hydrogen) atoms. The number of anilines is 1. The number of methoxy groups -OCH3 is 2. The molecule has 0 aliphatic rings. The SMILES string of the molecule is COc1cc(OC)c(NCCCSC)cc1Cl. The molecule has 0 aliphatic carbocycles. The second-order valence-electron chi connectivity index (χ2n) is 3.46. The van der Waals surface area contributed by atoms with E-state index < -0.39 is 0 Å². The number of halogens is 1. The minimum absolute atomic E-state index is 0.584. The average molecular weight is 276 g/mol. The molecule has 0 radical (unpaired) electrons. The molecule has 1 aromatic carbocycles. The largest absolute Gasteiger partial charge is 0.495 e. The third-order valence-electron chi connectivity index (χ3n) is 2.31. The van der Waals surface area contributed by atoms with Gasteiger partial charge in [0.1, 0.15) is 11.5 Å². The van der Waals surface area contributed by atoms with Crippen molar-refractivity contribution >= 4 is 29.1 Å². The van der Waals surface area contributed by atoms with Crippen LogP contribution in [0.5, 0.6) is 11.5 Å². The Hall–Kier alpha value is -0.740. The van der Waals surface area contributed by atoms with Gasteiger partial charge >= 0.3 is 0 Å². The number of ether oxygens (including phenoxy) is 2. The molecular formula is C12H18ClNO2S. The Bertz CT molecular complexity index is 361. The molecule has 0 saturated heterocycles. The van der Waals surface area contributed by atoms with Gasteiger partial charge in [0.15, 0.2) is 0 Å². The zero-order valence-corrected chi connectivity index (χ0v) is 12.0. The predicted molar refractivity (Wildman–Crippen MR) is 76.0 cm³/mol. The molecule has 0 fully saturated rings. The summed E-state index contributed by atoms with van der Waals surface area (Å²) in [7, 11) is 3.22. The first-order valence-corrected chi connectivity index (χ1v) is 7.14. The average Bonchev–Trinajstić information content (AvgIpc) is 2.35. The maximum atomic E-state index is 6.07. The summed E-state index contributed by atoms with van der Waals surface area (Å²) in [5.74, 6) is 2.51. The van der Waals surface area contributed by atoms with Gasteiger partial charge in [-0.05, 0) is 24.5 Å². The summed E-state index contributed by atoms with van der Waals surface area (Å²) >= 11 is 7.91. The van der Waals surface area contributed by atoms with Crippen LogP contribution in [-0.2, 0) is 0 Å². The number of benzene rings is 1. The molecule has 0 bridgehead atoms. The van der Waals surface area contributed by atoms with Crippen LogP contribution >= 0.6 is 23.4 Å². The van der Waals surface area contributed by atoms with Gasteiger partial charge in [0.25, 0.3) is 0 Å². The van der Waals surface area contributed by atoms with Gasteiger partial charge < -0.3 is 14.8 Å². The smallest absolute Gasteiger partial charge is 0.145 e. The first kappa shape index (κ1) is 14.3. The van der Waals surface area contributed by atoms with Crippen molar-refractivity contribution in [3.8, 4) is 11.5 Å². The number of thioether (sulfide) groups is 1. The molecule has 1 N–H and O–H groups in total. The highest BCUT2D eigenvalue weighted by atomic mass is 35.5.